The molecule has 3 rings (SSSR count). The Bertz CT molecular complexity index is 909. The van der Waals surface area contributed by atoms with Crippen molar-refractivity contribution in [1.29, 1.82) is 0 Å². The molecule has 0 bridgehead atoms. The van der Waals surface area contributed by atoms with E-state index in [1.807, 2.05) is 41.9 Å². The van der Waals surface area contributed by atoms with E-state index < -0.39 is 6.61 Å². The SMILES string of the molecule is CCc1c(C(=O)NCc2ccc(OC(F)F)cc2)cnn1Cc1ccccc1. The molecule has 146 valence electrons. The van der Waals surface area contributed by atoms with Crippen molar-refractivity contribution in [2.75, 3.05) is 0 Å². The van der Waals surface area contributed by atoms with Gasteiger partial charge >= 0.3 is 6.61 Å². The summed E-state index contributed by atoms with van der Waals surface area (Å²) >= 11 is 0. The fraction of sp³-hybridized carbons (Fsp3) is 0.238. The minimum atomic E-state index is -2.86. The molecule has 3 aromatic rings. The van der Waals surface area contributed by atoms with E-state index in [9.17, 15) is 13.6 Å². The quantitative estimate of drug-likeness (QED) is 0.637. The van der Waals surface area contributed by atoms with E-state index in [2.05, 4.69) is 15.2 Å². The molecule has 0 radical (unpaired) electrons. The first-order valence-electron chi connectivity index (χ1n) is 8.97. The van der Waals surface area contributed by atoms with Gasteiger partial charge < -0.3 is 10.1 Å². The number of nitrogens with one attached hydrogen (secondary N) is 1. The Hall–Kier alpha value is -3.22. The Balaban J connectivity index is 1.64. The van der Waals surface area contributed by atoms with E-state index in [1.165, 1.54) is 12.1 Å². The first-order valence-corrected chi connectivity index (χ1v) is 8.97. The van der Waals surface area contributed by atoms with Gasteiger partial charge in [-0.1, -0.05) is 49.4 Å². The number of amides is 1. The predicted molar refractivity (Wildman–Crippen MR) is 101 cm³/mol. The van der Waals surface area contributed by atoms with Crippen LogP contribution in [0.4, 0.5) is 8.78 Å². The lowest BCUT2D eigenvalue weighted by atomic mass is 10.1. The number of alkyl halides is 2. The largest absolute Gasteiger partial charge is 0.435 e. The molecule has 0 atom stereocenters. The zero-order valence-electron chi connectivity index (χ0n) is 15.4. The van der Waals surface area contributed by atoms with E-state index in [0.717, 1.165) is 16.8 Å². The molecule has 0 aliphatic rings. The summed E-state index contributed by atoms with van der Waals surface area (Å²) in [5.74, 6) is -0.135. The molecule has 5 nitrogen and oxygen atoms in total. The van der Waals surface area contributed by atoms with Gasteiger partial charge in [-0.2, -0.15) is 13.9 Å². The van der Waals surface area contributed by atoms with Crippen molar-refractivity contribution in [3.8, 4) is 5.75 Å². The summed E-state index contributed by atoms with van der Waals surface area (Å²) in [4.78, 5) is 12.6. The molecule has 1 heterocycles. The number of carbonyl (C=O) groups excluding carboxylic acids is 1. The fourth-order valence-corrected chi connectivity index (χ4v) is 2.93. The van der Waals surface area contributed by atoms with Crippen LogP contribution in [0.5, 0.6) is 5.75 Å². The minimum Gasteiger partial charge on any atom is -0.435 e. The third-order valence-corrected chi connectivity index (χ3v) is 4.30. The zero-order valence-corrected chi connectivity index (χ0v) is 15.4. The van der Waals surface area contributed by atoms with Gasteiger partial charge in [0, 0.05) is 6.54 Å². The molecule has 28 heavy (non-hydrogen) atoms. The lowest BCUT2D eigenvalue weighted by Gasteiger charge is -2.09. The van der Waals surface area contributed by atoms with Gasteiger partial charge in [0.25, 0.3) is 5.91 Å². The molecule has 0 aliphatic carbocycles. The third kappa shape index (κ3) is 4.94. The minimum absolute atomic E-state index is 0.0838. The molecular formula is C21H21F2N3O2. The van der Waals surface area contributed by atoms with Crippen LogP contribution >= 0.6 is 0 Å². The standard InChI is InChI=1S/C21H21F2N3O2/c1-2-19-18(13-25-26(19)14-16-6-4-3-5-7-16)20(27)24-12-15-8-10-17(11-9-15)28-21(22)23/h3-11,13,21H,2,12,14H2,1H3,(H,24,27). The maximum Gasteiger partial charge on any atom is 0.387 e. The molecule has 2 aromatic carbocycles. The maximum absolute atomic E-state index is 12.6. The van der Waals surface area contributed by atoms with Crippen molar-refractivity contribution < 1.29 is 18.3 Å². The molecule has 1 amide bonds. The summed E-state index contributed by atoms with van der Waals surface area (Å²) < 4.78 is 30.5. The highest BCUT2D eigenvalue weighted by Crippen LogP contribution is 2.16. The number of hydrogen-bond donors (Lipinski definition) is 1. The average Bonchev–Trinajstić information content (AvgIpc) is 3.10. The third-order valence-electron chi connectivity index (χ3n) is 4.30. The highest BCUT2D eigenvalue weighted by molar-refractivity contribution is 5.95. The van der Waals surface area contributed by atoms with Gasteiger partial charge in [0.15, 0.2) is 0 Å². The molecular weight excluding hydrogens is 364 g/mol. The predicted octanol–water partition coefficient (Wildman–Crippen LogP) is 4.03. The Morgan fingerprint density at radius 1 is 1.11 bits per heavy atom. The molecule has 0 fully saturated rings. The van der Waals surface area contributed by atoms with Gasteiger partial charge in [-0.25, -0.2) is 0 Å². The van der Waals surface area contributed by atoms with E-state index in [0.29, 0.717) is 18.5 Å². The van der Waals surface area contributed by atoms with Crippen molar-refractivity contribution in [2.24, 2.45) is 0 Å². The molecule has 0 aliphatic heterocycles. The van der Waals surface area contributed by atoms with Crippen LogP contribution in [-0.4, -0.2) is 22.3 Å². The molecule has 1 aromatic heterocycles. The van der Waals surface area contributed by atoms with Crippen LogP contribution in [-0.2, 0) is 19.5 Å². The number of carbonyl (C=O) groups is 1. The lowest BCUT2D eigenvalue weighted by molar-refractivity contribution is -0.0498. The van der Waals surface area contributed by atoms with Gasteiger partial charge in [-0.05, 0) is 29.7 Å². The first kappa shape index (κ1) is 19.5. The maximum atomic E-state index is 12.6. The van der Waals surface area contributed by atoms with Gasteiger partial charge in [0.1, 0.15) is 5.75 Å². The van der Waals surface area contributed by atoms with E-state index in [1.54, 1.807) is 18.3 Å². The Kier molecular flexibility index (Phi) is 6.37. The number of rotatable bonds is 8. The van der Waals surface area contributed by atoms with Crippen LogP contribution < -0.4 is 10.1 Å². The van der Waals surface area contributed by atoms with Crippen molar-refractivity contribution in [2.45, 2.75) is 33.0 Å². The van der Waals surface area contributed by atoms with Gasteiger partial charge in [-0.15, -0.1) is 0 Å². The Labute approximate surface area is 161 Å². The van der Waals surface area contributed by atoms with Crippen LogP contribution in [0.3, 0.4) is 0 Å². The van der Waals surface area contributed by atoms with Crippen LogP contribution in [0.25, 0.3) is 0 Å². The van der Waals surface area contributed by atoms with Crippen LogP contribution in [0, 0.1) is 0 Å². The van der Waals surface area contributed by atoms with Crippen LogP contribution in [0.15, 0.2) is 60.8 Å². The van der Waals surface area contributed by atoms with E-state index in [-0.39, 0.29) is 18.2 Å². The second kappa shape index (κ2) is 9.12. The average molecular weight is 385 g/mol. The Morgan fingerprint density at radius 2 is 1.82 bits per heavy atom. The van der Waals surface area contributed by atoms with Crippen molar-refractivity contribution in [3.63, 3.8) is 0 Å². The number of hydrogen-bond acceptors (Lipinski definition) is 3. The molecule has 0 unspecified atom stereocenters. The van der Waals surface area contributed by atoms with Crippen molar-refractivity contribution in [3.05, 3.63) is 83.2 Å². The fourth-order valence-electron chi connectivity index (χ4n) is 2.93. The Morgan fingerprint density at radius 3 is 2.46 bits per heavy atom. The second-order valence-corrected chi connectivity index (χ2v) is 6.21. The number of aromatic nitrogens is 2. The topological polar surface area (TPSA) is 56.1 Å². The summed E-state index contributed by atoms with van der Waals surface area (Å²) in [7, 11) is 0. The second-order valence-electron chi connectivity index (χ2n) is 6.21. The van der Waals surface area contributed by atoms with E-state index >= 15 is 0 Å². The number of benzene rings is 2. The lowest BCUT2D eigenvalue weighted by Crippen LogP contribution is -2.24. The summed E-state index contributed by atoms with van der Waals surface area (Å²) in [6.07, 6.45) is 2.26. The van der Waals surface area contributed by atoms with Crippen LogP contribution in [0.1, 0.15) is 34.1 Å². The molecule has 1 N–H and O–H groups in total. The van der Waals surface area contributed by atoms with Gasteiger partial charge in [0.2, 0.25) is 0 Å². The monoisotopic (exact) mass is 385 g/mol. The molecule has 7 heteroatoms. The van der Waals surface area contributed by atoms with Crippen molar-refractivity contribution >= 4 is 5.91 Å². The number of ether oxygens (including phenoxy) is 1. The summed E-state index contributed by atoms with van der Waals surface area (Å²) in [5.41, 5.74) is 3.29. The molecule has 0 saturated heterocycles. The smallest absolute Gasteiger partial charge is 0.387 e. The van der Waals surface area contributed by atoms with E-state index in [4.69, 9.17) is 0 Å². The molecule has 0 spiro atoms. The zero-order chi connectivity index (χ0) is 19.9. The van der Waals surface area contributed by atoms with Gasteiger partial charge in [-0.3, -0.25) is 9.48 Å². The number of halogens is 2. The van der Waals surface area contributed by atoms with Crippen molar-refractivity contribution in [1.82, 2.24) is 15.1 Å². The first-order chi connectivity index (χ1) is 13.6. The highest BCUT2D eigenvalue weighted by Gasteiger charge is 2.16. The van der Waals surface area contributed by atoms with Gasteiger partial charge in [0.05, 0.1) is 24.0 Å². The summed E-state index contributed by atoms with van der Waals surface area (Å²) in [6, 6.07) is 16.1. The van der Waals surface area contributed by atoms with Crippen LogP contribution in [0.2, 0.25) is 0 Å². The normalized spacial score (nSPS) is 10.9. The summed E-state index contributed by atoms with van der Waals surface area (Å²) in [5, 5.41) is 7.21. The molecule has 0 saturated carbocycles. The number of nitrogens with zero attached hydrogens (tertiary/aromatic N) is 2. The highest BCUT2D eigenvalue weighted by atomic mass is 19.3. The summed E-state index contributed by atoms with van der Waals surface area (Å²) in [6.45, 7) is 0.00576.